The van der Waals surface area contributed by atoms with Gasteiger partial charge in [0.05, 0.1) is 0 Å². The molecule has 4 aromatic rings. The fourth-order valence-corrected chi connectivity index (χ4v) is 2.32. The van der Waals surface area contributed by atoms with Gasteiger partial charge >= 0.3 is 0 Å². The molecule has 0 bridgehead atoms. The fourth-order valence-electron chi connectivity index (χ4n) is 2.32. The van der Waals surface area contributed by atoms with Crippen LogP contribution in [0, 0.1) is 0 Å². The van der Waals surface area contributed by atoms with Crippen molar-refractivity contribution in [3.63, 3.8) is 0 Å². The lowest BCUT2D eigenvalue weighted by molar-refractivity contribution is -0.378. The molecule has 0 atom stereocenters. The van der Waals surface area contributed by atoms with Crippen LogP contribution in [0.15, 0.2) is 98.1 Å². The zero-order valence-corrected chi connectivity index (χ0v) is 22.2. The molecule has 0 saturated heterocycles. The van der Waals surface area contributed by atoms with Crippen LogP contribution in [0.2, 0.25) is 0 Å². The third kappa shape index (κ3) is 9.48. The topological polar surface area (TPSA) is 56.6 Å². The summed E-state index contributed by atoms with van der Waals surface area (Å²) in [6, 6.07) is 16.4. The van der Waals surface area contributed by atoms with Crippen molar-refractivity contribution in [2.45, 2.75) is 0 Å². The lowest BCUT2D eigenvalue weighted by Crippen LogP contribution is -3.00. The summed E-state index contributed by atoms with van der Waals surface area (Å²) in [5.41, 5.74) is 4.90. The van der Waals surface area contributed by atoms with E-state index < -0.39 is 0 Å². The molecule has 0 aromatic carbocycles. The zero-order chi connectivity index (χ0) is 16.5. The largest absolute Gasteiger partial charge is 1.00 e. The summed E-state index contributed by atoms with van der Waals surface area (Å²) in [6.07, 6.45) is 15.4. The van der Waals surface area contributed by atoms with E-state index in [1.807, 2.05) is 49.6 Å². The highest BCUT2D eigenvalue weighted by molar-refractivity contribution is 5.61. The van der Waals surface area contributed by atoms with E-state index in [4.69, 9.17) is 0 Å². The van der Waals surface area contributed by atoms with Crippen LogP contribution >= 0.6 is 0 Å². The van der Waals surface area contributed by atoms with Crippen molar-refractivity contribution in [1.29, 1.82) is 0 Å². The molecule has 148 valence electrons. The monoisotopic (exact) mass is 728 g/mol. The van der Waals surface area contributed by atoms with E-state index in [-0.39, 0.29) is 81.9 Å². The Morgan fingerprint density at radius 2 is 0.464 bits per heavy atom. The Hall–Kier alpha value is -0.980. The first-order valence-electron chi connectivity index (χ1n) is 7.79. The van der Waals surface area contributed by atoms with Crippen LogP contribution in [-0.2, 0) is 0 Å². The van der Waals surface area contributed by atoms with Crippen molar-refractivity contribution in [1.82, 2.24) is 0 Å². The van der Waals surface area contributed by atoms with Gasteiger partial charge in [0.2, 0.25) is 0 Å². The van der Waals surface area contributed by atoms with Crippen molar-refractivity contribution in [2.75, 3.05) is 0 Å². The predicted octanol–water partition coefficient (Wildman–Crippen LogP) is -10.0. The number of nitrogens with one attached hydrogen (secondary N) is 4. The Bertz CT molecular complexity index is 706. The van der Waals surface area contributed by atoms with E-state index in [9.17, 15) is 0 Å². The fraction of sp³-hybridized carbons (Fsp3) is 0. The normalized spacial score (nSPS) is 8.29. The summed E-state index contributed by atoms with van der Waals surface area (Å²) < 4.78 is 0. The molecule has 4 nitrogen and oxygen atoms in total. The van der Waals surface area contributed by atoms with Gasteiger partial charge in [-0.15, -0.1) is 0 Å². The number of H-pyrrole nitrogens is 4. The lowest BCUT2D eigenvalue weighted by atomic mass is 10.1. The van der Waals surface area contributed by atoms with Crippen molar-refractivity contribution in [3.05, 3.63) is 98.1 Å². The number of hydrogen-bond donors (Lipinski definition) is 0. The molecular weight excluding hydrogens is 710 g/mol. The van der Waals surface area contributed by atoms with Gasteiger partial charge in [-0.3, -0.25) is 0 Å². The second-order valence-electron chi connectivity index (χ2n) is 5.15. The van der Waals surface area contributed by atoms with E-state index in [1.54, 1.807) is 0 Å². The van der Waals surface area contributed by atoms with Gasteiger partial charge in [-0.05, 0) is 22.3 Å². The molecule has 0 spiro atoms. The average molecular weight is 730 g/mol. The molecule has 0 unspecified atom stereocenters. The number of halogens is 4. The maximum absolute atomic E-state index is 2.99. The quantitative estimate of drug-likeness (QED) is 0.185. The Kier molecular flexibility index (Phi) is 17.7. The molecule has 0 radical (unpaired) electrons. The zero-order valence-electron chi connectivity index (χ0n) is 14.7. The van der Waals surface area contributed by atoms with Gasteiger partial charge < -0.3 is 81.9 Å². The maximum Gasteiger partial charge on any atom is 0.167 e. The van der Waals surface area contributed by atoms with E-state index in [1.165, 1.54) is 22.3 Å². The van der Waals surface area contributed by atoms with Gasteiger partial charge in [-0.2, -0.15) is 0 Å². The molecule has 8 heteroatoms. The Morgan fingerprint density at radius 1 is 0.321 bits per heavy atom. The molecule has 4 N–H and O–H groups in total. The maximum atomic E-state index is 2.99. The summed E-state index contributed by atoms with van der Waals surface area (Å²) in [7, 11) is 0. The van der Waals surface area contributed by atoms with E-state index >= 15 is 0 Å². The molecule has 4 aromatic heterocycles. The molecule has 0 fully saturated rings. The van der Waals surface area contributed by atoms with Gasteiger partial charge in [-0.25, -0.2) is 19.9 Å². The summed E-state index contributed by atoms with van der Waals surface area (Å²) >= 11 is 0. The van der Waals surface area contributed by atoms with E-state index in [0.717, 1.165) is 0 Å². The highest BCUT2D eigenvalue weighted by Crippen LogP contribution is 2.15. The second-order valence-corrected chi connectivity index (χ2v) is 5.15. The third-order valence-corrected chi connectivity index (χ3v) is 3.54. The van der Waals surface area contributed by atoms with Crippen LogP contribution in [0.1, 0.15) is 0 Å². The molecule has 4 rings (SSSR count). The number of aromatic amines is 4. The summed E-state index contributed by atoms with van der Waals surface area (Å²) in [5.74, 6) is 0. The highest BCUT2D eigenvalue weighted by atomic mass is 127. The van der Waals surface area contributed by atoms with Crippen LogP contribution in [0.3, 0.4) is 0 Å². The summed E-state index contributed by atoms with van der Waals surface area (Å²) in [5, 5.41) is 0. The number of hydrogen-bond acceptors (Lipinski definition) is 0. The van der Waals surface area contributed by atoms with Crippen LogP contribution in [0.25, 0.3) is 22.3 Å². The minimum atomic E-state index is 0. The summed E-state index contributed by atoms with van der Waals surface area (Å²) in [6.45, 7) is 0. The molecule has 0 aliphatic rings. The van der Waals surface area contributed by atoms with Crippen molar-refractivity contribution in [2.24, 2.45) is 0 Å². The standard InChI is InChI=1S/2C10H8N2.2BrH.2HI/c2*1-5-11-6-2-9(1)10-3-7-12-8-4-10;;;;/h2*1-8H;4*1H. The lowest BCUT2D eigenvalue weighted by Gasteiger charge is -1.93. The van der Waals surface area contributed by atoms with E-state index in [2.05, 4.69) is 68.5 Å². The smallest absolute Gasteiger partial charge is 0.167 e. The number of rotatable bonds is 2. The number of pyridine rings is 4. The molecule has 0 aliphatic carbocycles. The average Bonchev–Trinajstić information content (AvgIpc) is 2.71. The number of aromatic nitrogens is 4. The highest BCUT2D eigenvalue weighted by Gasteiger charge is 1.98. The second kappa shape index (κ2) is 16.9. The van der Waals surface area contributed by atoms with Crippen LogP contribution in [-0.4, -0.2) is 0 Å². The molecule has 28 heavy (non-hydrogen) atoms. The third-order valence-electron chi connectivity index (χ3n) is 3.54. The predicted molar refractivity (Wildman–Crippen MR) is 90.0 cm³/mol. The minimum Gasteiger partial charge on any atom is -1.00 e. The first kappa shape index (κ1) is 29.2. The van der Waals surface area contributed by atoms with Crippen LogP contribution < -0.4 is 102 Å². The Morgan fingerprint density at radius 3 is 0.607 bits per heavy atom. The molecule has 0 amide bonds. The van der Waals surface area contributed by atoms with Gasteiger partial charge in [0.1, 0.15) is 0 Å². The Balaban J connectivity index is 0. The molecule has 0 saturated carbocycles. The van der Waals surface area contributed by atoms with Crippen molar-refractivity contribution >= 4 is 0 Å². The first-order chi connectivity index (χ1) is 11.9. The van der Waals surface area contributed by atoms with Gasteiger partial charge in [0.25, 0.3) is 0 Å². The molecular formula is C20H20Br2I2N4. The van der Waals surface area contributed by atoms with Gasteiger partial charge in [0.15, 0.2) is 49.6 Å². The van der Waals surface area contributed by atoms with Crippen LogP contribution in [0.5, 0.6) is 0 Å². The molecule has 0 aliphatic heterocycles. The SMILES string of the molecule is [Br-].[Br-].[I-].[I-].c1cc(-c2cc[nH+]cc2)cc[nH+]1.c1cc(-c2cc[nH+]cc2)cc[nH+]1. The molecule has 4 heterocycles. The van der Waals surface area contributed by atoms with Crippen molar-refractivity contribution < 1.29 is 102 Å². The van der Waals surface area contributed by atoms with Crippen LogP contribution in [0.4, 0.5) is 0 Å². The Labute approximate surface area is 220 Å². The van der Waals surface area contributed by atoms with Gasteiger partial charge in [-0.1, -0.05) is 0 Å². The minimum absolute atomic E-state index is 0. The summed E-state index contributed by atoms with van der Waals surface area (Å²) in [4.78, 5) is 12.0. The first-order valence-corrected chi connectivity index (χ1v) is 7.79. The van der Waals surface area contributed by atoms with Crippen molar-refractivity contribution in [3.8, 4) is 22.3 Å². The van der Waals surface area contributed by atoms with Gasteiger partial charge in [0, 0.05) is 48.5 Å². The van der Waals surface area contributed by atoms with E-state index in [0.29, 0.717) is 0 Å².